The number of hydrogen-bond acceptors (Lipinski definition) is 3. The zero-order valence-electron chi connectivity index (χ0n) is 9.87. The van der Waals surface area contributed by atoms with Crippen molar-refractivity contribution in [3.05, 3.63) is 0 Å². The van der Waals surface area contributed by atoms with Crippen LogP contribution in [-0.4, -0.2) is 56.6 Å². The third-order valence-electron chi connectivity index (χ3n) is 3.39. The molecule has 3 heteroatoms. The minimum atomic E-state index is 0.736. The quantitative estimate of drug-likeness (QED) is 0.704. The Morgan fingerprint density at radius 2 is 1.86 bits per heavy atom. The Morgan fingerprint density at radius 1 is 1.14 bits per heavy atom. The van der Waals surface area contributed by atoms with E-state index in [1.165, 1.54) is 19.3 Å². The lowest BCUT2D eigenvalue weighted by Gasteiger charge is -2.29. The van der Waals surface area contributed by atoms with Crippen molar-refractivity contribution in [1.82, 2.24) is 9.80 Å². The van der Waals surface area contributed by atoms with Crippen molar-refractivity contribution in [3.63, 3.8) is 0 Å². The second-order valence-electron chi connectivity index (χ2n) is 4.78. The van der Waals surface area contributed by atoms with Crippen molar-refractivity contribution in [2.45, 2.75) is 25.3 Å². The summed E-state index contributed by atoms with van der Waals surface area (Å²) in [5.74, 6) is 0.738. The van der Waals surface area contributed by atoms with Gasteiger partial charge in [-0.25, -0.2) is 0 Å². The SMILES string of the molecule is CN(C)CCN(C)C1CCCC1CN. The smallest absolute Gasteiger partial charge is 0.0133 e. The predicted molar refractivity (Wildman–Crippen MR) is 61.4 cm³/mol. The summed E-state index contributed by atoms with van der Waals surface area (Å²) in [6, 6.07) is 0.736. The van der Waals surface area contributed by atoms with Gasteiger partial charge in [0.2, 0.25) is 0 Å². The Morgan fingerprint density at radius 3 is 2.43 bits per heavy atom. The number of hydrogen-bond donors (Lipinski definition) is 1. The molecule has 2 N–H and O–H groups in total. The number of likely N-dealkylation sites (N-methyl/N-ethyl adjacent to an activating group) is 2. The van der Waals surface area contributed by atoms with E-state index in [0.29, 0.717) is 0 Å². The van der Waals surface area contributed by atoms with Crippen LogP contribution in [-0.2, 0) is 0 Å². The van der Waals surface area contributed by atoms with Crippen molar-refractivity contribution in [2.75, 3.05) is 40.8 Å². The highest BCUT2D eigenvalue weighted by atomic mass is 15.2. The molecule has 0 radical (unpaired) electrons. The highest BCUT2D eigenvalue weighted by Gasteiger charge is 2.28. The van der Waals surface area contributed by atoms with Crippen LogP contribution >= 0.6 is 0 Å². The fourth-order valence-electron chi connectivity index (χ4n) is 2.40. The molecule has 1 saturated carbocycles. The molecule has 1 aliphatic carbocycles. The molecule has 3 nitrogen and oxygen atoms in total. The molecule has 0 aliphatic heterocycles. The van der Waals surface area contributed by atoms with Crippen LogP contribution < -0.4 is 5.73 Å². The summed E-state index contributed by atoms with van der Waals surface area (Å²) in [6.45, 7) is 3.16. The summed E-state index contributed by atoms with van der Waals surface area (Å²) in [7, 11) is 6.49. The van der Waals surface area contributed by atoms with E-state index in [1.807, 2.05) is 0 Å². The van der Waals surface area contributed by atoms with Crippen LogP contribution in [0.25, 0.3) is 0 Å². The summed E-state index contributed by atoms with van der Waals surface area (Å²) in [5.41, 5.74) is 5.78. The maximum Gasteiger partial charge on any atom is 0.0133 e. The summed E-state index contributed by atoms with van der Waals surface area (Å²) in [4.78, 5) is 4.73. The number of nitrogens with two attached hydrogens (primary N) is 1. The van der Waals surface area contributed by atoms with Gasteiger partial charge in [0.1, 0.15) is 0 Å². The van der Waals surface area contributed by atoms with E-state index in [9.17, 15) is 0 Å². The molecule has 2 unspecified atom stereocenters. The van der Waals surface area contributed by atoms with Gasteiger partial charge in [-0.3, -0.25) is 0 Å². The van der Waals surface area contributed by atoms with Crippen LogP contribution in [0.3, 0.4) is 0 Å². The molecule has 0 saturated heterocycles. The number of nitrogens with zero attached hydrogens (tertiary/aromatic N) is 2. The van der Waals surface area contributed by atoms with Crippen LogP contribution in [0.5, 0.6) is 0 Å². The van der Waals surface area contributed by atoms with E-state index >= 15 is 0 Å². The minimum absolute atomic E-state index is 0.736. The molecule has 0 spiro atoms. The van der Waals surface area contributed by atoms with Gasteiger partial charge in [-0.1, -0.05) is 6.42 Å². The molecule has 0 aromatic heterocycles. The zero-order chi connectivity index (χ0) is 10.6. The topological polar surface area (TPSA) is 32.5 Å². The van der Waals surface area contributed by atoms with Gasteiger partial charge in [0, 0.05) is 19.1 Å². The van der Waals surface area contributed by atoms with Gasteiger partial charge in [-0.15, -0.1) is 0 Å². The van der Waals surface area contributed by atoms with Gasteiger partial charge >= 0.3 is 0 Å². The largest absolute Gasteiger partial charge is 0.330 e. The van der Waals surface area contributed by atoms with Crippen LogP contribution in [0.2, 0.25) is 0 Å². The normalized spacial score (nSPS) is 27.9. The zero-order valence-corrected chi connectivity index (χ0v) is 9.87. The van der Waals surface area contributed by atoms with Crippen molar-refractivity contribution >= 4 is 0 Å². The lowest BCUT2D eigenvalue weighted by molar-refractivity contribution is 0.183. The average molecular weight is 199 g/mol. The molecule has 0 heterocycles. The molecule has 0 amide bonds. The fraction of sp³-hybridized carbons (Fsp3) is 1.00. The average Bonchev–Trinajstić information content (AvgIpc) is 2.61. The Kier molecular flexibility index (Phi) is 4.85. The van der Waals surface area contributed by atoms with Crippen molar-refractivity contribution in [3.8, 4) is 0 Å². The maximum absolute atomic E-state index is 5.78. The van der Waals surface area contributed by atoms with Crippen molar-refractivity contribution < 1.29 is 0 Å². The van der Waals surface area contributed by atoms with Crippen LogP contribution in [0.4, 0.5) is 0 Å². The Bertz CT molecular complexity index is 159. The van der Waals surface area contributed by atoms with Gasteiger partial charge in [-0.05, 0) is 46.4 Å². The first-order valence-electron chi connectivity index (χ1n) is 5.70. The second kappa shape index (κ2) is 5.69. The Hall–Kier alpha value is -0.120. The van der Waals surface area contributed by atoms with E-state index in [2.05, 4.69) is 30.9 Å². The molecule has 0 aromatic rings. The van der Waals surface area contributed by atoms with Crippen LogP contribution in [0.1, 0.15) is 19.3 Å². The summed E-state index contributed by atoms with van der Waals surface area (Å²) < 4.78 is 0. The van der Waals surface area contributed by atoms with Crippen molar-refractivity contribution in [2.24, 2.45) is 11.7 Å². The number of rotatable bonds is 5. The van der Waals surface area contributed by atoms with E-state index in [0.717, 1.165) is 31.6 Å². The van der Waals surface area contributed by atoms with E-state index in [4.69, 9.17) is 5.73 Å². The fourth-order valence-corrected chi connectivity index (χ4v) is 2.40. The predicted octanol–water partition coefficient (Wildman–Crippen LogP) is 0.607. The van der Waals surface area contributed by atoms with E-state index in [-0.39, 0.29) is 0 Å². The van der Waals surface area contributed by atoms with Crippen LogP contribution in [0.15, 0.2) is 0 Å². The summed E-state index contributed by atoms with van der Waals surface area (Å²) in [6.07, 6.45) is 4.03. The van der Waals surface area contributed by atoms with Crippen molar-refractivity contribution in [1.29, 1.82) is 0 Å². The molecule has 84 valence electrons. The third kappa shape index (κ3) is 3.23. The molecule has 1 rings (SSSR count). The lowest BCUT2D eigenvalue weighted by atomic mass is 10.0. The van der Waals surface area contributed by atoms with E-state index in [1.54, 1.807) is 0 Å². The molecule has 0 bridgehead atoms. The van der Waals surface area contributed by atoms with E-state index < -0.39 is 0 Å². The summed E-state index contributed by atoms with van der Waals surface area (Å²) in [5, 5.41) is 0. The molecular formula is C11H25N3. The Balaban J connectivity index is 2.31. The monoisotopic (exact) mass is 199 g/mol. The maximum atomic E-state index is 5.78. The molecule has 2 atom stereocenters. The van der Waals surface area contributed by atoms with Gasteiger partial charge < -0.3 is 15.5 Å². The van der Waals surface area contributed by atoms with Gasteiger partial charge in [0.15, 0.2) is 0 Å². The highest BCUT2D eigenvalue weighted by molar-refractivity contribution is 4.84. The molecule has 14 heavy (non-hydrogen) atoms. The first-order valence-corrected chi connectivity index (χ1v) is 5.70. The first kappa shape index (κ1) is 12.0. The Labute approximate surface area is 88.2 Å². The van der Waals surface area contributed by atoms with Gasteiger partial charge in [-0.2, -0.15) is 0 Å². The minimum Gasteiger partial charge on any atom is -0.330 e. The second-order valence-corrected chi connectivity index (χ2v) is 4.78. The molecular weight excluding hydrogens is 174 g/mol. The van der Waals surface area contributed by atoms with Crippen LogP contribution in [0, 0.1) is 5.92 Å². The standard InChI is InChI=1S/C11H25N3/c1-13(2)7-8-14(3)11-6-4-5-10(11)9-12/h10-11H,4-9,12H2,1-3H3. The first-order chi connectivity index (χ1) is 6.65. The lowest BCUT2D eigenvalue weighted by Crippen LogP contribution is -2.40. The molecule has 0 aromatic carbocycles. The molecule has 1 aliphatic rings. The summed E-state index contributed by atoms with van der Waals surface area (Å²) >= 11 is 0. The van der Waals surface area contributed by atoms with Gasteiger partial charge in [0.05, 0.1) is 0 Å². The highest BCUT2D eigenvalue weighted by Crippen LogP contribution is 2.28. The third-order valence-corrected chi connectivity index (χ3v) is 3.39. The molecule has 1 fully saturated rings. The van der Waals surface area contributed by atoms with Gasteiger partial charge in [0.25, 0.3) is 0 Å².